The van der Waals surface area contributed by atoms with Gasteiger partial charge in [0.2, 0.25) is 5.91 Å². The summed E-state index contributed by atoms with van der Waals surface area (Å²) in [5.41, 5.74) is 1.97. The minimum Gasteiger partial charge on any atom is -0.492 e. The molecule has 4 bridgehead atoms. The molecule has 0 fully saturated rings. The summed E-state index contributed by atoms with van der Waals surface area (Å²) in [6, 6.07) is 13.7. The maximum absolute atomic E-state index is 14.1. The van der Waals surface area contributed by atoms with Crippen molar-refractivity contribution in [1.29, 1.82) is 0 Å². The quantitative estimate of drug-likeness (QED) is 0.293. The van der Waals surface area contributed by atoms with Gasteiger partial charge in [-0.25, -0.2) is 9.59 Å². The van der Waals surface area contributed by atoms with Crippen molar-refractivity contribution < 1.29 is 33.3 Å². The van der Waals surface area contributed by atoms with Gasteiger partial charge in [0.15, 0.2) is 17.2 Å². The normalized spacial score (nSPS) is 16.7. The summed E-state index contributed by atoms with van der Waals surface area (Å²) >= 11 is 16.7. The predicted octanol–water partition coefficient (Wildman–Crippen LogP) is 6.29. The Hall–Kier alpha value is -3.47. The lowest BCUT2D eigenvalue weighted by Gasteiger charge is -2.34. The molecule has 0 aliphatic carbocycles. The molecule has 9 nitrogen and oxygen atoms in total. The van der Waals surface area contributed by atoms with Gasteiger partial charge in [0.05, 0.1) is 28.7 Å². The minimum atomic E-state index is -1.08. The molecule has 2 amide bonds. The summed E-state index contributed by atoms with van der Waals surface area (Å²) < 4.78 is 22.8. The summed E-state index contributed by atoms with van der Waals surface area (Å²) in [6.45, 7) is 0.0178. The van der Waals surface area contributed by atoms with Gasteiger partial charge in [0.25, 0.3) is 0 Å². The van der Waals surface area contributed by atoms with Crippen LogP contribution in [-0.2, 0) is 38.5 Å². The molecule has 5 rings (SSSR count). The number of esters is 1. The number of halogens is 3. The fourth-order valence-electron chi connectivity index (χ4n) is 4.64. The van der Waals surface area contributed by atoms with Crippen LogP contribution in [0.2, 0.25) is 10.0 Å². The highest BCUT2D eigenvalue weighted by Crippen LogP contribution is 2.44. The van der Waals surface area contributed by atoms with Gasteiger partial charge in [-0.05, 0) is 56.9 Å². The van der Waals surface area contributed by atoms with E-state index in [1.54, 1.807) is 24.3 Å². The molecule has 2 aliphatic rings. The molecule has 0 spiro atoms. The van der Waals surface area contributed by atoms with E-state index in [9.17, 15) is 14.4 Å². The molecule has 3 aromatic rings. The average Bonchev–Trinajstić information content (AvgIpc) is 2.97. The van der Waals surface area contributed by atoms with Crippen molar-refractivity contribution in [3.63, 3.8) is 0 Å². The molecule has 0 unspecified atom stereocenters. The monoisotopic (exact) mass is 678 g/mol. The second-order valence-electron chi connectivity index (χ2n) is 9.66. The molecular weight excluding hydrogens is 651 g/mol. The van der Waals surface area contributed by atoms with Gasteiger partial charge in [-0.3, -0.25) is 9.69 Å². The highest BCUT2D eigenvalue weighted by molar-refractivity contribution is 9.10. The Morgan fingerprint density at radius 2 is 1.69 bits per heavy atom. The number of benzene rings is 3. The van der Waals surface area contributed by atoms with Gasteiger partial charge in [0, 0.05) is 26.9 Å². The second-order valence-corrected chi connectivity index (χ2v) is 11.3. The van der Waals surface area contributed by atoms with E-state index in [2.05, 4.69) is 15.9 Å². The summed E-state index contributed by atoms with van der Waals surface area (Å²) in [6.07, 6.45) is -0.627. The Kier molecular flexibility index (Phi) is 10.2. The largest absolute Gasteiger partial charge is 0.492 e. The zero-order valence-electron chi connectivity index (χ0n) is 23.4. The van der Waals surface area contributed by atoms with Gasteiger partial charge in [-0.2, -0.15) is 0 Å². The van der Waals surface area contributed by atoms with E-state index in [0.717, 1.165) is 5.56 Å². The Labute approximate surface area is 262 Å². The molecule has 3 aromatic carbocycles. The van der Waals surface area contributed by atoms with Crippen LogP contribution in [-0.4, -0.2) is 68.2 Å². The number of fused-ring (bicyclic) bond motifs is 7. The number of likely N-dealkylation sites (N-methyl/N-ethyl adjacent to an activating group) is 2. The molecule has 0 aromatic heterocycles. The van der Waals surface area contributed by atoms with Gasteiger partial charge in [-0.1, -0.05) is 53.5 Å². The number of methoxy groups -OCH3 is 2. The highest BCUT2D eigenvalue weighted by Gasteiger charge is 2.37. The molecule has 2 aliphatic heterocycles. The number of ether oxygens (including phenoxy) is 4. The summed E-state index contributed by atoms with van der Waals surface area (Å²) in [7, 11) is 5.70. The molecule has 2 atom stereocenters. The maximum Gasteiger partial charge on any atom is 0.410 e. The van der Waals surface area contributed by atoms with Crippen LogP contribution in [0.4, 0.5) is 4.79 Å². The number of carbonyl (C=O) groups is 3. The van der Waals surface area contributed by atoms with Crippen molar-refractivity contribution >= 4 is 57.1 Å². The molecule has 0 saturated carbocycles. The number of carbonyl (C=O) groups excluding carboxylic acids is 3. The average molecular weight is 680 g/mol. The third-order valence-corrected chi connectivity index (χ3v) is 8.09. The van der Waals surface area contributed by atoms with Gasteiger partial charge < -0.3 is 23.8 Å². The van der Waals surface area contributed by atoms with Crippen LogP contribution in [0, 0.1) is 0 Å². The highest BCUT2D eigenvalue weighted by atomic mass is 79.9. The number of rotatable bonds is 5. The lowest BCUT2D eigenvalue weighted by molar-refractivity contribution is -0.153. The van der Waals surface area contributed by atoms with Crippen LogP contribution in [0.1, 0.15) is 16.7 Å². The summed E-state index contributed by atoms with van der Waals surface area (Å²) in [5.74, 6) is -0.276. The van der Waals surface area contributed by atoms with Crippen molar-refractivity contribution in [3.05, 3.63) is 85.8 Å². The van der Waals surface area contributed by atoms with Crippen LogP contribution >= 0.6 is 39.1 Å². The number of nitrogens with zero attached hydrogens (tertiary/aromatic N) is 2. The lowest BCUT2D eigenvalue weighted by atomic mass is 10.00. The van der Waals surface area contributed by atoms with Crippen molar-refractivity contribution in [2.75, 3.05) is 28.3 Å². The Morgan fingerprint density at radius 3 is 2.31 bits per heavy atom. The van der Waals surface area contributed by atoms with Crippen LogP contribution in [0.15, 0.2) is 59.1 Å². The number of hydrogen-bond donors (Lipinski definition) is 0. The van der Waals surface area contributed by atoms with Gasteiger partial charge in [0.1, 0.15) is 18.7 Å². The minimum absolute atomic E-state index is 0.0178. The smallest absolute Gasteiger partial charge is 0.410 e. The SMILES string of the molecule is COC(=O)[C@@H]1Cc2cc(Br)c(OC)c(c2)Oc2c(Cl)cc(cc2Cl)C[C@@H](N(C)C(=O)OCc2ccccc2)C(=O)N1C. The molecule has 2 heterocycles. The first kappa shape index (κ1) is 31.5. The van der Waals surface area contributed by atoms with Crippen molar-refractivity contribution in [2.45, 2.75) is 31.5 Å². The third-order valence-electron chi connectivity index (χ3n) is 6.94. The van der Waals surface area contributed by atoms with Gasteiger partial charge >= 0.3 is 12.1 Å². The van der Waals surface area contributed by atoms with Crippen LogP contribution in [0.5, 0.6) is 17.2 Å². The fraction of sp³-hybridized carbons (Fsp3) is 0.300. The molecule has 0 saturated heterocycles. The van der Waals surface area contributed by atoms with Crippen LogP contribution < -0.4 is 9.47 Å². The Balaban J connectivity index is 1.78. The van der Waals surface area contributed by atoms with E-state index in [1.165, 1.54) is 38.1 Å². The zero-order valence-corrected chi connectivity index (χ0v) is 26.5. The Bertz CT molecular complexity index is 1460. The first-order chi connectivity index (χ1) is 20.0. The van der Waals surface area contributed by atoms with E-state index in [0.29, 0.717) is 27.1 Å². The van der Waals surface area contributed by atoms with Crippen molar-refractivity contribution in [2.24, 2.45) is 0 Å². The van der Waals surface area contributed by atoms with Crippen molar-refractivity contribution in [1.82, 2.24) is 9.80 Å². The first-order valence-corrected chi connectivity index (χ1v) is 14.4. The molecule has 0 radical (unpaired) electrons. The van der Waals surface area contributed by atoms with E-state index in [4.69, 9.17) is 42.1 Å². The third kappa shape index (κ3) is 6.94. The predicted molar refractivity (Wildman–Crippen MR) is 161 cm³/mol. The second kappa shape index (κ2) is 13.7. The number of amides is 2. The molecule has 0 N–H and O–H groups in total. The standard InChI is InChI=1S/C30H29BrCl2N2O7/c1-34-24(29(37)40-4)14-18-10-20(31)26(39-3)25(15-18)42-27-21(32)11-19(12-22(27)33)13-23(28(34)36)35(2)30(38)41-16-17-8-6-5-7-9-17/h5-12,15,23-24H,13-14,16H2,1-4H3/t23-,24+/m1/s1. The Morgan fingerprint density at radius 1 is 1.05 bits per heavy atom. The number of hydrogen-bond acceptors (Lipinski definition) is 7. The van der Waals surface area contributed by atoms with Crippen LogP contribution in [0.25, 0.3) is 0 Å². The molecule has 42 heavy (non-hydrogen) atoms. The maximum atomic E-state index is 14.1. The summed E-state index contributed by atoms with van der Waals surface area (Å²) in [4.78, 5) is 42.7. The molecular formula is C30H29BrCl2N2O7. The van der Waals surface area contributed by atoms with Gasteiger partial charge in [-0.15, -0.1) is 0 Å². The fourth-order valence-corrected chi connectivity index (χ4v) is 5.90. The zero-order chi connectivity index (χ0) is 30.6. The van der Waals surface area contributed by atoms with Crippen molar-refractivity contribution in [3.8, 4) is 17.2 Å². The molecule has 12 heteroatoms. The van der Waals surface area contributed by atoms with E-state index < -0.39 is 30.1 Å². The lowest BCUT2D eigenvalue weighted by Crippen LogP contribution is -2.54. The summed E-state index contributed by atoms with van der Waals surface area (Å²) in [5, 5.41) is 0.388. The first-order valence-electron chi connectivity index (χ1n) is 12.8. The topological polar surface area (TPSA) is 94.6 Å². The molecule has 222 valence electrons. The van der Waals surface area contributed by atoms with E-state index in [-0.39, 0.29) is 35.2 Å². The van der Waals surface area contributed by atoms with Crippen LogP contribution in [0.3, 0.4) is 0 Å². The van der Waals surface area contributed by atoms with E-state index >= 15 is 0 Å². The van der Waals surface area contributed by atoms with E-state index in [1.807, 2.05) is 30.3 Å².